The Labute approximate surface area is 175 Å². The van der Waals surface area contributed by atoms with E-state index in [0.29, 0.717) is 30.3 Å². The molecular formula is C23H26N2O5. The minimum Gasteiger partial charge on any atom is -0.478 e. The molecule has 1 aromatic heterocycles. The second-order valence-electron chi connectivity index (χ2n) is 7.94. The number of rotatable bonds is 5. The molecular weight excluding hydrogens is 384 g/mol. The van der Waals surface area contributed by atoms with Gasteiger partial charge in [-0.3, -0.25) is 14.6 Å². The minimum absolute atomic E-state index is 0.119. The van der Waals surface area contributed by atoms with Crippen molar-refractivity contribution in [3.05, 3.63) is 52.7 Å². The Bertz CT molecular complexity index is 974. The number of aryl methyl sites for hydroxylation is 1. The van der Waals surface area contributed by atoms with Gasteiger partial charge >= 0.3 is 0 Å². The number of benzene rings is 1. The quantitative estimate of drug-likeness (QED) is 0.702. The average molecular weight is 410 g/mol. The number of Topliss-reactive ketones (excluding diaryl/α,β-unsaturated/α-hetero) is 1. The van der Waals surface area contributed by atoms with Gasteiger partial charge in [-0.2, -0.15) is 0 Å². The summed E-state index contributed by atoms with van der Waals surface area (Å²) < 4.78 is 22.9. The Morgan fingerprint density at radius 1 is 1.07 bits per heavy atom. The number of ether oxygens (including phenoxy) is 3. The Morgan fingerprint density at radius 2 is 1.90 bits per heavy atom. The van der Waals surface area contributed by atoms with Gasteiger partial charge in [0.15, 0.2) is 5.76 Å². The maximum Gasteiger partial charge on any atom is 0.232 e. The van der Waals surface area contributed by atoms with Gasteiger partial charge in [0.2, 0.25) is 5.78 Å². The lowest BCUT2D eigenvalue weighted by atomic mass is 10.0. The number of morpholine rings is 1. The third-order valence-corrected chi connectivity index (χ3v) is 5.77. The van der Waals surface area contributed by atoms with E-state index in [1.165, 1.54) is 0 Å². The molecule has 0 spiro atoms. The van der Waals surface area contributed by atoms with Gasteiger partial charge in [-0.05, 0) is 44.2 Å². The van der Waals surface area contributed by atoms with E-state index in [2.05, 4.69) is 9.80 Å². The topological polar surface area (TPSA) is 64.4 Å². The molecule has 30 heavy (non-hydrogen) atoms. The Balaban J connectivity index is 1.28. The monoisotopic (exact) mass is 410 g/mol. The lowest BCUT2D eigenvalue weighted by molar-refractivity contribution is 0.0329. The van der Waals surface area contributed by atoms with Gasteiger partial charge in [0.25, 0.3) is 0 Å². The van der Waals surface area contributed by atoms with Gasteiger partial charge in [0.05, 0.1) is 24.3 Å². The van der Waals surface area contributed by atoms with Crippen LogP contribution in [0.1, 0.15) is 33.9 Å². The van der Waals surface area contributed by atoms with E-state index < -0.39 is 0 Å². The minimum atomic E-state index is -0.119. The maximum absolute atomic E-state index is 12.8. The summed E-state index contributed by atoms with van der Waals surface area (Å²) in [7, 11) is 0. The number of hydrogen-bond donors (Lipinski definition) is 0. The molecule has 4 heterocycles. The van der Waals surface area contributed by atoms with Crippen molar-refractivity contribution in [3.63, 3.8) is 0 Å². The molecule has 0 amide bonds. The summed E-state index contributed by atoms with van der Waals surface area (Å²) >= 11 is 0. The first kappa shape index (κ1) is 19.4. The van der Waals surface area contributed by atoms with Crippen molar-refractivity contribution >= 4 is 11.9 Å². The van der Waals surface area contributed by atoms with Crippen LogP contribution in [0.5, 0.6) is 11.5 Å². The van der Waals surface area contributed by atoms with Crippen LogP contribution in [0.25, 0.3) is 6.08 Å². The fourth-order valence-electron chi connectivity index (χ4n) is 4.15. The molecule has 5 rings (SSSR count). The summed E-state index contributed by atoms with van der Waals surface area (Å²) in [6, 6.07) is 7.36. The van der Waals surface area contributed by atoms with E-state index in [9.17, 15) is 4.79 Å². The molecule has 7 nitrogen and oxygen atoms in total. The number of nitrogens with zero attached hydrogens (tertiary/aromatic N) is 2. The summed E-state index contributed by atoms with van der Waals surface area (Å²) in [4.78, 5) is 17.5. The number of fused-ring (bicyclic) bond motifs is 3. The largest absolute Gasteiger partial charge is 0.478 e. The van der Waals surface area contributed by atoms with Gasteiger partial charge in [-0.15, -0.1) is 0 Å². The molecule has 0 bridgehead atoms. The summed E-state index contributed by atoms with van der Waals surface area (Å²) in [5.74, 6) is 2.98. The van der Waals surface area contributed by atoms with Crippen LogP contribution in [0.3, 0.4) is 0 Å². The fourth-order valence-corrected chi connectivity index (χ4v) is 4.15. The molecule has 158 valence electrons. The molecule has 0 unspecified atom stereocenters. The molecule has 3 aliphatic rings. The van der Waals surface area contributed by atoms with Gasteiger partial charge in [0.1, 0.15) is 29.8 Å². The van der Waals surface area contributed by atoms with E-state index in [1.807, 2.05) is 25.1 Å². The van der Waals surface area contributed by atoms with Crippen LogP contribution in [0.15, 0.2) is 34.4 Å². The van der Waals surface area contributed by atoms with Crippen molar-refractivity contribution in [2.45, 2.75) is 19.9 Å². The second kappa shape index (κ2) is 8.26. The SMILES string of the molecule is Cc1ccc(/C=C2\Oc3c(ccc4c3CN(CCCN3CCOCC3)CO4)C2=O)o1. The van der Waals surface area contributed by atoms with Crippen LogP contribution < -0.4 is 9.47 Å². The zero-order chi connectivity index (χ0) is 20.5. The van der Waals surface area contributed by atoms with E-state index in [1.54, 1.807) is 12.1 Å². The highest BCUT2D eigenvalue weighted by Gasteiger charge is 2.33. The molecule has 1 saturated heterocycles. The molecule has 1 aromatic carbocycles. The average Bonchev–Trinajstić information content (AvgIpc) is 3.32. The van der Waals surface area contributed by atoms with Crippen molar-refractivity contribution in [3.8, 4) is 11.5 Å². The zero-order valence-corrected chi connectivity index (χ0v) is 17.2. The number of furan rings is 1. The summed E-state index contributed by atoms with van der Waals surface area (Å²) in [6.45, 7) is 8.79. The first-order chi connectivity index (χ1) is 14.7. The molecule has 7 heteroatoms. The first-order valence-electron chi connectivity index (χ1n) is 10.5. The second-order valence-corrected chi connectivity index (χ2v) is 7.94. The van der Waals surface area contributed by atoms with Crippen LogP contribution in [0, 0.1) is 6.92 Å². The maximum atomic E-state index is 12.8. The molecule has 3 aliphatic heterocycles. The Kier molecular flexibility index (Phi) is 5.33. The van der Waals surface area contributed by atoms with Crippen molar-refractivity contribution in [1.82, 2.24) is 9.80 Å². The first-order valence-corrected chi connectivity index (χ1v) is 10.5. The summed E-state index contributed by atoms with van der Waals surface area (Å²) in [6.07, 6.45) is 2.72. The van der Waals surface area contributed by atoms with Crippen LogP contribution in [-0.4, -0.2) is 61.7 Å². The number of hydrogen-bond acceptors (Lipinski definition) is 7. The van der Waals surface area contributed by atoms with Gasteiger partial charge < -0.3 is 18.6 Å². The lowest BCUT2D eigenvalue weighted by Gasteiger charge is -2.31. The smallest absolute Gasteiger partial charge is 0.232 e. The number of allylic oxidation sites excluding steroid dienone is 1. The highest BCUT2D eigenvalue weighted by atomic mass is 16.5. The molecule has 0 N–H and O–H groups in total. The predicted octanol–water partition coefficient (Wildman–Crippen LogP) is 3.08. The number of carbonyl (C=O) groups excluding carboxylic acids is 1. The molecule has 0 aliphatic carbocycles. The summed E-state index contributed by atoms with van der Waals surface area (Å²) in [5, 5.41) is 0. The van der Waals surface area contributed by atoms with Gasteiger partial charge in [-0.1, -0.05) is 0 Å². The number of carbonyl (C=O) groups is 1. The predicted molar refractivity (Wildman–Crippen MR) is 111 cm³/mol. The van der Waals surface area contributed by atoms with Crippen molar-refractivity contribution in [2.24, 2.45) is 0 Å². The number of ketones is 1. The third-order valence-electron chi connectivity index (χ3n) is 5.77. The van der Waals surface area contributed by atoms with Crippen LogP contribution in [-0.2, 0) is 11.3 Å². The van der Waals surface area contributed by atoms with Gasteiger partial charge in [-0.25, -0.2) is 0 Å². The van der Waals surface area contributed by atoms with E-state index >= 15 is 0 Å². The van der Waals surface area contributed by atoms with E-state index in [-0.39, 0.29) is 11.5 Å². The summed E-state index contributed by atoms with van der Waals surface area (Å²) in [5.41, 5.74) is 1.53. The highest BCUT2D eigenvalue weighted by Crippen LogP contribution is 2.42. The fraction of sp³-hybridized carbons (Fsp3) is 0.435. The highest BCUT2D eigenvalue weighted by molar-refractivity contribution is 6.14. The zero-order valence-electron chi connectivity index (χ0n) is 17.2. The molecule has 0 radical (unpaired) electrons. The molecule has 0 saturated carbocycles. The van der Waals surface area contributed by atoms with Crippen molar-refractivity contribution < 1.29 is 23.4 Å². The van der Waals surface area contributed by atoms with Crippen LogP contribution in [0.2, 0.25) is 0 Å². The van der Waals surface area contributed by atoms with Crippen molar-refractivity contribution in [2.75, 3.05) is 46.1 Å². The standard InChI is InChI=1S/C23H26N2O5/c1-16-3-4-17(29-16)13-21-22(26)18-5-6-20-19(23(18)30-21)14-25(15-28-20)8-2-7-24-9-11-27-12-10-24/h3-6,13H,2,7-12,14-15H2,1H3/b21-13-. The molecule has 0 atom stereocenters. The third kappa shape index (κ3) is 3.88. The normalized spacial score (nSPS) is 20.7. The van der Waals surface area contributed by atoms with Gasteiger partial charge in [0, 0.05) is 32.3 Å². The van der Waals surface area contributed by atoms with E-state index in [4.69, 9.17) is 18.6 Å². The van der Waals surface area contributed by atoms with Crippen LogP contribution in [0.4, 0.5) is 0 Å². The molecule has 2 aromatic rings. The Hall–Kier alpha value is -2.61. The van der Waals surface area contributed by atoms with E-state index in [0.717, 1.165) is 62.9 Å². The Morgan fingerprint density at radius 3 is 2.70 bits per heavy atom. The molecule has 1 fully saturated rings. The lowest BCUT2D eigenvalue weighted by Crippen LogP contribution is -2.39. The van der Waals surface area contributed by atoms with Crippen molar-refractivity contribution in [1.29, 1.82) is 0 Å². The van der Waals surface area contributed by atoms with Crippen LogP contribution >= 0.6 is 0 Å².